The van der Waals surface area contributed by atoms with Gasteiger partial charge in [0.1, 0.15) is 0 Å². The van der Waals surface area contributed by atoms with Gasteiger partial charge in [-0.2, -0.15) is 5.21 Å². The van der Waals surface area contributed by atoms with Gasteiger partial charge < -0.3 is 4.90 Å². The number of Topliss-reactive ketones (excluding diaryl/α,β-unsaturated/α-hetero) is 1. The average molecular weight is 434 g/mol. The van der Waals surface area contributed by atoms with Crippen molar-refractivity contribution in [1.29, 1.82) is 0 Å². The Morgan fingerprint density at radius 1 is 1.03 bits per heavy atom. The number of carbonyl (C=O) groups is 2. The Hall–Kier alpha value is -3.35. The average Bonchev–Trinajstić information content (AvgIpc) is 3.32. The predicted octanol–water partition coefficient (Wildman–Crippen LogP) is 4.67. The summed E-state index contributed by atoms with van der Waals surface area (Å²) in [5, 5.41) is 14.4. The van der Waals surface area contributed by atoms with Crippen LogP contribution < -0.4 is 0 Å². The number of hydrogen-bond donors (Lipinski definition) is 1. The fraction of sp³-hybridized carbons (Fsp3) is 0.400. The van der Waals surface area contributed by atoms with Gasteiger partial charge in [0.25, 0.3) is 0 Å². The van der Waals surface area contributed by atoms with Gasteiger partial charge in [-0.15, -0.1) is 10.2 Å². The van der Waals surface area contributed by atoms with Crippen molar-refractivity contribution >= 4 is 11.7 Å². The molecule has 0 saturated carbocycles. The lowest BCUT2D eigenvalue weighted by Gasteiger charge is -2.33. The molecule has 1 atom stereocenters. The van der Waals surface area contributed by atoms with Crippen molar-refractivity contribution in [3.05, 3.63) is 54.1 Å². The van der Waals surface area contributed by atoms with E-state index in [1.807, 2.05) is 62.4 Å². The van der Waals surface area contributed by atoms with E-state index in [0.29, 0.717) is 18.8 Å². The Labute approximate surface area is 189 Å². The van der Waals surface area contributed by atoms with E-state index in [-0.39, 0.29) is 17.6 Å². The number of carbonyl (C=O) groups excluding carboxylic acids is 2. The molecule has 0 fully saturated rings. The molecule has 0 bridgehead atoms. The minimum Gasteiger partial charge on any atom is -0.328 e. The van der Waals surface area contributed by atoms with Crippen LogP contribution in [0.4, 0.5) is 0 Å². The highest BCUT2D eigenvalue weighted by Gasteiger charge is 2.29. The van der Waals surface area contributed by atoms with Crippen LogP contribution in [-0.2, 0) is 16.1 Å². The van der Waals surface area contributed by atoms with E-state index >= 15 is 0 Å². The fourth-order valence-electron chi connectivity index (χ4n) is 4.05. The van der Waals surface area contributed by atoms with Crippen molar-refractivity contribution in [1.82, 2.24) is 25.5 Å². The van der Waals surface area contributed by atoms with Crippen LogP contribution in [-0.4, -0.2) is 43.3 Å². The fourth-order valence-corrected chi connectivity index (χ4v) is 4.05. The molecule has 0 spiro atoms. The zero-order chi connectivity index (χ0) is 23.1. The first-order valence-corrected chi connectivity index (χ1v) is 11.1. The molecular weight excluding hydrogens is 402 g/mol. The molecule has 1 heterocycles. The molecule has 0 aliphatic rings. The number of amides is 1. The summed E-state index contributed by atoms with van der Waals surface area (Å²) in [5.74, 6) is 0.653. The number of H-pyrrole nitrogens is 1. The standard InChI is InChI=1S/C25H31N5O2/c1-5-6-11-23(32)30(24(17(2)3)18(4)31)16-19-12-14-20(15-13-19)21-9-7-8-10-22(21)25-26-28-29-27-25/h7-10,12-15,17,24H,5-6,11,16H2,1-4H3,(H,26,27,28,29)/t24-/m0/s1. The van der Waals surface area contributed by atoms with Crippen molar-refractivity contribution in [3.8, 4) is 22.5 Å². The first kappa shape index (κ1) is 23.3. The van der Waals surface area contributed by atoms with Crippen LogP contribution in [0, 0.1) is 5.92 Å². The summed E-state index contributed by atoms with van der Waals surface area (Å²) in [5.41, 5.74) is 3.90. The normalized spacial score (nSPS) is 12.0. The van der Waals surface area contributed by atoms with Gasteiger partial charge in [-0.1, -0.05) is 75.7 Å². The lowest BCUT2D eigenvalue weighted by atomic mass is 9.96. The van der Waals surface area contributed by atoms with Crippen LogP contribution in [0.15, 0.2) is 48.5 Å². The van der Waals surface area contributed by atoms with E-state index in [0.717, 1.165) is 35.1 Å². The Kier molecular flexibility index (Phi) is 7.87. The third kappa shape index (κ3) is 5.46. The molecule has 1 N–H and O–H groups in total. The smallest absolute Gasteiger partial charge is 0.223 e. The number of nitrogens with one attached hydrogen (secondary N) is 1. The number of aromatic amines is 1. The third-order valence-corrected chi connectivity index (χ3v) is 5.58. The molecule has 168 valence electrons. The number of benzene rings is 2. The maximum atomic E-state index is 13.0. The summed E-state index contributed by atoms with van der Waals surface area (Å²) in [6.45, 7) is 8.03. The SMILES string of the molecule is CCCCC(=O)N(Cc1ccc(-c2ccccc2-c2nn[nH]n2)cc1)[C@H](C(C)=O)C(C)C. The summed E-state index contributed by atoms with van der Waals surface area (Å²) in [7, 11) is 0. The summed E-state index contributed by atoms with van der Waals surface area (Å²) < 4.78 is 0. The molecular formula is C25H31N5O2. The van der Waals surface area contributed by atoms with Gasteiger partial charge >= 0.3 is 0 Å². The van der Waals surface area contributed by atoms with E-state index < -0.39 is 6.04 Å². The number of aromatic nitrogens is 4. The van der Waals surface area contributed by atoms with Crippen LogP contribution >= 0.6 is 0 Å². The Bertz CT molecular complexity index is 1030. The van der Waals surface area contributed by atoms with Gasteiger partial charge in [-0.25, -0.2) is 0 Å². The zero-order valence-electron chi connectivity index (χ0n) is 19.2. The summed E-state index contributed by atoms with van der Waals surface area (Å²) >= 11 is 0. The van der Waals surface area contributed by atoms with E-state index in [1.165, 1.54) is 0 Å². The van der Waals surface area contributed by atoms with E-state index in [1.54, 1.807) is 11.8 Å². The number of nitrogens with zero attached hydrogens (tertiary/aromatic N) is 4. The largest absolute Gasteiger partial charge is 0.328 e. The molecule has 3 aromatic rings. The Morgan fingerprint density at radius 3 is 2.28 bits per heavy atom. The molecule has 0 radical (unpaired) electrons. The highest BCUT2D eigenvalue weighted by molar-refractivity contribution is 5.87. The Balaban J connectivity index is 1.87. The van der Waals surface area contributed by atoms with Crippen molar-refractivity contribution in [2.24, 2.45) is 5.92 Å². The van der Waals surface area contributed by atoms with Crippen LogP contribution in [0.2, 0.25) is 0 Å². The topological polar surface area (TPSA) is 91.8 Å². The zero-order valence-corrected chi connectivity index (χ0v) is 19.2. The van der Waals surface area contributed by atoms with Crippen LogP contribution in [0.1, 0.15) is 52.5 Å². The van der Waals surface area contributed by atoms with Gasteiger partial charge in [-0.3, -0.25) is 9.59 Å². The lowest BCUT2D eigenvalue weighted by Crippen LogP contribution is -2.46. The van der Waals surface area contributed by atoms with E-state index in [4.69, 9.17) is 0 Å². The van der Waals surface area contributed by atoms with E-state index in [9.17, 15) is 9.59 Å². The molecule has 1 amide bonds. The summed E-state index contributed by atoms with van der Waals surface area (Å²) in [4.78, 5) is 27.1. The van der Waals surface area contributed by atoms with Crippen molar-refractivity contribution in [2.45, 2.75) is 59.5 Å². The van der Waals surface area contributed by atoms with Gasteiger partial charge in [0.05, 0.1) is 6.04 Å². The first-order valence-electron chi connectivity index (χ1n) is 11.1. The molecule has 32 heavy (non-hydrogen) atoms. The highest BCUT2D eigenvalue weighted by atomic mass is 16.2. The summed E-state index contributed by atoms with van der Waals surface area (Å²) in [6.07, 6.45) is 2.23. The summed E-state index contributed by atoms with van der Waals surface area (Å²) in [6, 6.07) is 15.6. The van der Waals surface area contributed by atoms with Crippen molar-refractivity contribution in [2.75, 3.05) is 0 Å². The Morgan fingerprint density at radius 2 is 1.72 bits per heavy atom. The van der Waals surface area contributed by atoms with Crippen molar-refractivity contribution < 1.29 is 9.59 Å². The molecule has 1 aromatic heterocycles. The second-order valence-electron chi connectivity index (χ2n) is 8.40. The number of hydrogen-bond acceptors (Lipinski definition) is 5. The molecule has 0 saturated heterocycles. The number of rotatable bonds is 10. The van der Waals surface area contributed by atoms with Crippen LogP contribution in [0.5, 0.6) is 0 Å². The molecule has 7 nitrogen and oxygen atoms in total. The first-order chi connectivity index (χ1) is 15.4. The minimum absolute atomic E-state index is 0.0236. The van der Waals surface area contributed by atoms with Crippen molar-refractivity contribution in [3.63, 3.8) is 0 Å². The quantitative estimate of drug-likeness (QED) is 0.502. The predicted molar refractivity (Wildman–Crippen MR) is 124 cm³/mol. The monoisotopic (exact) mass is 433 g/mol. The van der Waals surface area contributed by atoms with E-state index in [2.05, 4.69) is 27.5 Å². The maximum absolute atomic E-state index is 13.0. The minimum atomic E-state index is -0.419. The molecule has 2 aromatic carbocycles. The molecule has 3 rings (SSSR count). The molecule has 0 aliphatic heterocycles. The maximum Gasteiger partial charge on any atom is 0.223 e. The number of ketones is 1. The lowest BCUT2D eigenvalue weighted by molar-refractivity contribution is -0.141. The molecule has 0 aliphatic carbocycles. The second-order valence-corrected chi connectivity index (χ2v) is 8.40. The highest BCUT2D eigenvalue weighted by Crippen LogP contribution is 2.30. The van der Waals surface area contributed by atoms with Crippen LogP contribution in [0.3, 0.4) is 0 Å². The number of unbranched alkanes of at least 4 members (excludes halogenated alkanes) is 1. The third-order valence-electron chi connectivity index (χ3n) is 5.58. The molecule has 0 unspecified atom stereocenters. The van der Waals surface area contributed by atoms with Gasteiger partial charge in [0, 0.05) is 18.5 Å². The van der Waals surface area contributed by atoms with Gasteiger partial charge in [-0.05, 0) is 41.2 Å². The molecule has 7 heteroatoms. The second kappa shape index (κ2) is 10.8. The van der Waals surface area contributed by atoms with Crippen LogP contribution in [0.25, 0.3) is 22.5 Å². The van der Waals surface area contributed by atoms with Gasteiger partial charge in [0.15, 0.2) is 5.78 Å². The number of tetrazole rings is 1. The van der Waals surface area contributed by atoms with Gasteiger partial charge in [0.2, 0.25) is 11.7 Å².